The van der Waals surface area contributed by atoms with Gasteiger partial charge in [-0.1, -0.05) is 0 Å². The van der Waals surface area contributed by atoms with Crippen LogP contribution in [0.1, 0.15) is 32.5 Å². The minimum Gasteiger partial charge on any atom is -0.493 e. The van der Waals surface area contributed by atoms with Crippen LogP contribution in [0, 0.1) is 6.92 Å². The number of amides is 1. The van der Waals surface area contributed by atoms with Crippen molar-refractivity contribution in [2.45, 2.75) is 13.8 Å². The SMILES string of the molecule is CCOC(=O)c1cc(C)sc1NC(=O)c1cc(OC)c(OC)c(OC)c1Br. The third-order valence-corrected chi connectivity index (χ3v) is 5.34. The van der Waals surface area contributed by atoms with Crippen molar-refractivity contribution >= 4 is 44.1 Å². The number of hydrogen-bond donors (Lipinski definition) is 1. The number of thiophene rings is 1. The third kappa shape index (κ3) is 4.36. The van der Waals surface area contributed by atoms with Crippen molar-refractivity contribution in [1.29, 1.82) is 0 Å². The number of aryl methyl sites for hydroxylation is 1. The Morgan fingerprint density at radius 1 is 1.07 bits per heavy atom. The van der Waals surface area contributed by atoms with Crippen molar-refractivity contribution in [2.24, 2.45) is 0 Å². The lowest BCUT2D eigenvalue weighted by Gasteiger charge is -2.16. The molecule has 0 atom stereocenters. The van der Waals surface area contributed by atoms with Gasteiger partial charge in [0.1, 0.15) is 5.00 Å². The second-order valence-corrected chi connectivity index (χ2v) is 7.33. The number of hydrogen-bond acceptors (Lipinski definition) is 7. The van der Waals surface area contributed by atoms with E-state index in [-0.39, 0.29) is 12.2 Å². The zero-order valence-electron chi connectivity index (χ0n) is 15.6. The Morgan fingerprint density at radius 3 is 2.30 bits per heavy atom. The molecule has 146 valence electrons. The quantitative estimate of drug-likeness (QED) is 0.624. The molecule has 0 aliphatic carbocycles. The molecule has 0 bridgehead atoms. The van der Waals surface area contributed by atoms with Gasteiger partial charge in [-0.25, -0.2) is 4.79 Å². The van der Waals surface area contributed by atoms with E-state index in [2.05, 4.69) is 21.2 Å². The van der Waals surface area contributed by atoms with E-state index < -0.39 is 11.9 Å². The number of benzene rings is 1. The van der Waals surface area contributed by atoms with Gasteiger partial charge in [-0.15, -0.1) is 11.3 Å². The second kappa shape index (κ2) is 9.09. The predicted molar refractivity (Wildman–Crippen MR) is 107 cm³/mol. The number of anilines is 1. The van der Waals surface area contributed by atoms with Crippen LogP contribution in [0.3, 0.4) is 0 Å². The molecule has 2 aromatic rings. The summed E-state index contributed by atoms with van der Waals surface area (Å²) in [5, 5.41) is 3.18. The number of rotatable bonds is 7. The molecule has 0 aliphatic heterocycles. The first-order valence-corrected chi connectivity index (χ1v) is 9.56. The van der Waals surface area contributed by atoms with Crippen LogP contribution in [-0.4, -0.2) is 39.8 Å². The Bertz CT molecular complexity index is 864. The van der Waals surface area contributed by atoms with Crippen molar-refractivity contribution in [3.05, 3.63) is 32.6 Å². The molecule has 9 heteroatoms. The highest BCUT2D eigenvalue weighted by atomic mass is 79.9. The van der Waals surface area contributed by atoms with Crippen LogP contribution in [0.15, 0.2) is 16.6 Å². The van der Waals surface area contributed by atoms with Gasteiger partial charge < -0.3 is 24.3 Å². The number of esters is 1. The average molecular weight is 458 g/mol. The predicted octanol–water partition coefficient (Wildman–Crippen LogP) is 4.27. The summed E-state index contributed by atoms with van der Waals surface area (Å²) in [5.74, 6) is 0.114. The van der Waals surface area contributed by atoms with E-state index in [1.807, 2.05) is 6.92 Å². The Hall–Kier alpha value is -2.26. The molecule has 2 rings (SSSR count). The molecule has 1 aromatic carbocycles. The first-order chi connectivity index (χ1) is 12.9. The number of ether oxygens (including phenoxy) is 4. The van der Waals surface area contributed by atoms with Crippen molar-refractivity contribution in [3.8, 4) is 17.2 Å². The number of methoxy groups -OCH3 is 3. The first kappa shape index (κ1) is 21.0. The minimum atomic E-state index is -0.485. The maximum Gasteiger partial charge on any atom is 0.341 e. The monoisotopic (exact) mass is 457 g/mol. The molecular formula is C18H20BrNO6S. The topological polar surface area (TPSA) is 83.1 Å². The molecule has 1 N–H and O–H groups in total. The van der Waals surface area contributed by atoms with Crippen LogP contribution in [0.4, 0.5) is 5.00 Å². The highest BCUT2D eigenvalue weighted by Crippen LogP contribution is 2.45. The lowest BCUT2D eigenvalue weighted by molar-refractivity contribution is 0.0528. The van der Waals surface area contributed by atoms with Gasteiger partial charge in [0.05, 0.1) is 43.5 Å². The molecule has 1 amide bonds. The fourth-order valence-electron chi connectivity index (χ4n) is 2.42. The maximum atomic E-state index is 12.9. The summed E-state index contributed by atoms with van der Waals surface area (Å²) in [4.78, 5) is 25.9. The molecule has 0 spiro atoms. The molecular weight excluding hydrogens is 438 g/mol. The van der Waals surface area contributed by atoms with E-state index in [4.69, 9.17) is 18.9 Å². The van der Waals surface area contributed by atoms with Gasteiger partial charge in [0.25, 0.3) is 5.91 Å². The van der Waals surface area contributed by atoms with Crippen LogP contribution in [-0.2, 0) is 4.74 Å². The number of halogens is 1. The number of nitrogens with one attached hydrogen (secondary N) is 1. The summed E-state index contributed by atoms with van der Waals surface area (Å²) in [6.45, 7) is 3.82. The fourth-order valence-corrected chi connectivity index (χ4v) is 3.96. The van der Waals surface area contributed by atoms with E-state index in [9.17, 15) is 9.59 Å². The van der Waals surface area contributed by atoms with E-state index in [0.29, 0.717) is 32.3 Å². The van der Waals surface area contributed by atoms with Crippen molar-refractivity contribution < 1.29 is 28.5 Å². The molecule has 0 radical (unpaired) electrons. The maximum absolute atomic E-state index is 12.9. The Kier molecular flexibility index (Phi) is 7.09. The zero-order valence-corrected chi connectivity index (χ0v) is 18.0. The molecule has 0 saturated heterocycles. The van der Waals surface area contributed by atoms with E-state index in [1.165, 1.54) is 38.7 Å². The highest BCUT2D eigenvalue weighted by Gasteiger charge is 2.25. The molecule has 27 heavy (non-hydrogen) atoms. The number of carbonyl (C=O) groups excluding carboxylic acids is 2. The Labute approximate surface area is 169 Å². The van der Waals surface area contributed by atoms with Crippen molar-refractivity contribution in [2.75, 3.05) is 33.3 Å². The first-order valence-electron chi connectivity index (χ1n) is 7.95. The van der Waals surface area contributed by atoms with Gasteiger partial charge in [0, 0.05) is 4.88 Å². The van der Waals surface area contributed by atoms with Gasteiger partial charge in [-0.05, 0) is 41.9 Å². The van der Waals surface area contributed by atoms with Crippen LogP contribution in [0.25, 0.3) is 0 Å². The summed E-state index contributed by atoms with van der Waals surface area (Å²) in [5.41, 5.74) is 0.585. The highest BCUT2D eigenvalue weighted by molar-refractivity contribution is 9.10. The second-order valence-electron chi connectivity index (χ2n) is 5.28. The standard InChI is InChI=1S/C18H20BrNO6S/c1-6-26-18(22)11-7-9(2)27-17(11)20-16(21)10-8-12(23-3)14(24-4)15(25-5)13(10)19/h7-8H,6H2,1-5H3,(H,20,21). The molecule has 1 aromatic heterocycles. The lowest BCUT2D eigenvalue weighted by Crippen LogP contribution is -2.15. The summed E-state index contributed by atoms with van der Waals surface area (Å²) < 4.78 is 21.4. The summed E-state index contributed by atoms with van der Waals surface area (Å²) >= 11 is 4.67. The fraction of sp³-hybridized carbons (Fsp3) is 0.333. The van der Waals surface area contributed by atoms with Crippen LogP contribution >= 0.6 is 27.3 Å². The molecule has 0 fully saturated rings. The van der Waals surface area contributed by atoms with Crippen LogP contribution < -0.4 is 19.5 Å². The van der Waals surface area contributed by atoms with Gasteiger partial charge in [-0.2, -0.15) is 0 Å². The van der Waals surface area contributed by atoms with Crippen LogP contribution in [0.2, 0.25) is 0 Å². The molecule has 0 saturated carbocycles. The van der Waals surface area contributed by atoms with Gasteiger partial charge in [0.15, 0.2) is 11.5 Å². The normalized spacial score (nSPS) is 10.3. The Balaban J connectivity index is 2.44. The third-order valence-electron chi connectivity index (χ3n) is 3.59. The smallest absolute Gasteiger partial charge is 0.341 e. The van der Waals surface area contributed by atoms with Crippen molar-refractivity contribution in [3.63, 3.8) is 0 Å². The molecule has 1 heterocycles. The van der Waals surface area contributed by atoms with Crippen LogP contribution in [0.5, 0.6) is 17.2 Å². The summed E-state index contributed by atoms with van der Waals surface area (Å²) in [6, 6.07) is 3.22. The lowest BCUT2D eigenvalue weighted by atomic mass is 10.1. The van der Waals surface area contributed by atoms with Gasteiger partial charge in [0.2, 0.25) is 5.75 Å². The molecule has 7 nitrogen and oxygen atoms in total. The van der Waals surface area contributed by atoms with E-state index in [0.717, 1.165) is 4.88 Å². The minimum absolute atomic E-state index is 0.250. The summed E-state index contributed by atoms with van der Waals surface area (Å²) in [7, 11) is 4.41. The molecule has 0 unspecified atom stereocenters. The van der Waals surface area contributed by atoms with E-state index in [1.54, 1.807) is 13.0 Å². The van der Waals surface area contributed by atoms with Gasteiger partial charge in [-0.3, -0.25) is 4.79 Å². The summed E-state index contributed by atoms with van der Waals surface area (Å²) in [6.07, 6.45) is 0. The molecule has 0 aliphatic rings. The van der Waals surface area contributed by atoms with E-state index >= 15 is 0 Å². The zero-order chi connectivity index (χ0) is 20.1. The van der Waals surface area contributed by atoms with Crippen molar-refractivity contribution in [1.82, 2.24) is 0 Å². The Morgan fingerprint density at radius 2 is 1.74 bits per heavy atom. The average Bonchev–Trinajstić information content (AvgIpc) is 3.01. The largest absolute Gasteiger partial charge is 0.493 e. The van der Waals surface area contributed by atoms with Gasteiger partial charge >= 0.3 is 5.97 Å². The number of carbonyl (C=O) groups is 2.